The molecule has 1 saturated carbocycles. The van der Waals surface area contributed by atoms with Gasteiger partial charge in [0.15, 0.2) is 0 Å². The third-order valence-electron chi connectivity index (χ3n) is 3.43. The number of hydrogen-bond acceptors (Lipinski definition) is 2. The van der Waals surface area contributed by atoms with E-state index >= 15 is 0 Å². The second-order valence-electron chi connectivity index (χ2n) is 4.21. The van der Waals surface area contributed by atoms with Gasteiger partial charge in [-0.15, -0.1) is 0 Å². The van der Waals surface area contributed by atoms with Crippen molar-refractivity contribution in [1.29, 1.82) is 0 Å². The predicted molar refractivity (Wildman–Crippen MR) is 51.3 cm³/mol. The lowest BCUT2D eigenvalue weighted by molar-refractivity contribution is 0.0812. The van der Waals surface area contributed by atoms with Gasteiger partial charge in [0.2, 0.25) is 0 Å². The molecule has 0 aromatic carbocycles. The van der Waals surface area contributed by atoms with E-state index in [0.717, 1.165) is 12.1 Å². The molecule has 2 nitrogen and oxygen atoms in total. The highest BCUT2D eigenvalue weighted by Gasteiger charge is 2.32. The van der Waals surface area contributed by atoms with Crippen LogP contribution in [0, 0.1) is 0 Å². The minimum absolute atomic E-state index is 0.817. The average molecular weight is 168 g/mol. The SMILES string of the molecule is CNC1CC(N2CCCCC2)C1. The van der Waals surface area contributed by atoms with Crippen LogP contribution in [0.25, 0.3) is 0 Å². The zero-order valence-corrected chi connectivity index (χ0v) is 8.05. The summed E-state index contributed by atoms with van der Waals surface area (Å²) in [5.41, 5.74) is 0. The van der Waals surface area contributed by atoms with Crippen molar-refractivity contribution in [3.8, 4) is 0 Å². The Morgan fingerprint density at radius 3 is 2.33 bits per heavy atom. The maximum Gasteiger partial charge on any atom is 0.0125 e. The first-order valence-corrected chi connectivity index (χ1v) is 5.31. The first-order valence-electron chi connectivity index (χ1n) is 5.31. The summed E-state index contributed by atoms with van der Waals surface area (Å²) in [5, 5.41) is 3.34. The average Bonchev–Trinajstić information content (AvgIpc) is 2.04. The van der Waals surface area contributed by atoms with E-state index in [0.29, 0.717) is 0 Å². The molecule has 0 aromatic heterocycles. The normalized spacial score (nSPS) is 37.8. The van der Waals surface area contributed by atoms with Gasteiger partial charge in [-0.2, -0.15) is 0 Å². The fraction of sp³-hybridized carbons (Fsp3) is 1.00. The van der Waals surface area contributed by atoms with Gasteiger partial charge in [0.05, 0.1) is 0 Å². The molecule has 0 aromatic rings. The highest BCUT2D eigenvalue weighted by molar-refractivity contribution is 4.91. The summed E-state index contributed by atoms with van der Waals surface area (Å²) in [6.07, 6.45) is 7.09. The molecule has 70 valence electrons. The molecule has 1 aliphatic heterocycles. The molecule has 1 heterocycles. The van der Waals surface area contributed by atoms with E-state index in [4.69, 9.17) is 0 Å². The molecule has 0 radical (unpaired) electrons. The summed E-state index contributed by atoms with van der Waals surface area (Å²) in [5.74, 6) is 0. The lowest BCUT2D eigenvalue weighted by Crippen LogP contribution is -2.52. The van der Waals surface area contributed by atoms with Crippen molar-refractivity contribution < 1.29 is 0 Å². The van der Waals surface area contributed by atoms with Crippen LogP contribution < -0.4 is 5.32 Å². The van der Waals surface area contributed by atoms with Crippen LogP contribution in [0.5, 0.6) is 0 Å². The van der Waals surface area contributed by atoms with Gasteiger partial charge in [-0.1, -0.05) is 6.42 Å². The van der Waals surface area contributed by atoms with Crippen molar-refractivity contribution >= 4 is 0 Å². The largest absolute Gasteiger partial charge is 0.317 e. The van der Waals surface area contributed by atoms with Crippen LogP contribution in [0.2, 0.25) is 0 Å². The third kappa shape index (κ3) is 1.64. The molecule has 0 atom stereocenters. The van der Waals surface area contributed by atoms with Gasteiger partial charge >= 0.3 is 0 Å². The Morgan fingerprint density at radius 1 is 1.08 bits per heavy atom. The highest BCUT2D eigenvalue weighted by atomic mass is 15.2. The molecule has 1 saturated heterocycles. The van der Waals surface area contributed by atoms with E-state index < -0.39 is 0 Å². The van der Waals surface area contributed by atoms with Crippen LogP contribution >= 0.6 is 0 Å². The van der Waals surface area contributed by atoms with Gasteiger partial charge in [0.1, 0.15) is 0 Å². The quantitative estimate of drug-likeness (QED) is 0.667. The summed E-state index contributed by atoms with van der Waals surface area (Å²) in [6.45, 7) is 2.72. The van der Waals surface area contributed by atoms with Gasteiger partial charge in [-0.05, 0) is 45.8 Å². The number of nitrogens with one attached hydrogen (secondary N) is 1. The van der Waals surface area contributed by atoms with Crippen LogP contribution in [0.1, 0.15) is 32.1 Å². The smallest absolute Gasteiger partial charge is 0.0125 e. The second kappa shape index (κ2) is 3.75. The summed E-state index contributed by atoms with van der Waals surface area (Å²) in [4.78, 5) is 2.69. The highest BCUT2D eigenvalue weighted by Crippen LogP contribution is 2.27. The standard InChI is InChI=1S/C10H20N2/c1-11-9-7-10(8-9)12-5-3-2-4-6-12/h9-11H,2-8H2,1H3. The molecule has 2 fully saturated rings. The van der Waals surface area contributed by atoms with Crippen molar-refractivity contribution in [2.24, 2.45) is 0 Å². The van der Waals surface area contributed by atoms with Crippen molar-refractivity contribution in [3.05, 3.63) is 0 Å². The van der Waals surface area contributed by atoms with Gasteiger partial charge < -0.3 is 10.2 Å². The third-order valence-corrected chi connectivity index (χ3v) is 3.43. The lowest BCUT2D eigenvalue weighted by atomic mass is 9.84. The second-order valence-corrected chi connectivity index (χ2v) is 4.21. The molecular formula is C10H20N2. The van der Waals surface area contributed by atoms with Crippen LogP contribution in [-0.2, 0) is 0 Å². The molecule has 1 N–H and O–H groups in total. The Balaban J connectivity index is 1.72. The maximum absolute atomic E-state index is 3.34. The van der Waals surface area contributed by atoms with Gasteiger partial charge in [0.25, 0.3) is 0 Å². The summed E-state index contributed by atoms with van der Waals surface area (Å²) >= 11 is 0. The number of nitrogens with zero attached hydrogens (tertiary/aromatic N) is 1. The fourth-order valence-corrected chi connectivity index (χ4v) is 2.41. The Kier molecular flexibility index (Phi) is 2.66. The van der Waals surface area contributed by atoms with Crippen LogP contribution in [0.15, 0.2) is 0 Å². The molecule has 0 spiro atoms. The van der Waals surface area contributed by atoms with E-state index in [9.17, 15) is 0 Å². The minimum atomic E-state index is 0.817. The number of piperidine rings is 1. The molecular weight excluding hydrogens is 148 g/mol. The summed E-state index contributed by atoms with van der Waals surface area (Å²) in [6, 6.07) is 1.74. The van der Waals surface area contributed by atoms with Crippen molar-refractivity contribution in [2.45, 2.75) is 44.2 Å². The van der Waals surface area contributed by atoms with Crippen molar-refractivity contribution in [1.82, 2.24) is 10.2 Å². The summed E-state index contributed by atoms with van der Waals surface area (Å²) < 4.78 is 0. The van der Waals surface area contributed by atoms with E-state index in [-0.39, 0.29) is 0 Å². The molecule has 12 heavy (non-hydrogen) atoms. The van der Waals surface area contributed by atoms with E-state index in [2.05, 4.69) is 17.3 Å². The topological polar surface area (TPSA) is 15.3 Å². The predicted octanol–water partition coefficient (Wildman–Crippen LogP) is 1.22. The van der Waals surface area contributed by atoms with E-state index in [1.165, 1.54) is 45.2 Å². The molecule has 0 bridgehead atoms. The zero-order valence-electron chi connectivity index (χ0n) is 8.05. The monoisotopic (exact) mass is 168 g/mol. The molecule has 1 aliphatic carbocycles. The molecule has 0 amide bonds. The Morgan fingerprint density at radius 2 is 1.75 bits per heavy atom. The van der Waals surface area contributed by atoms with Crippen molar-refractivity contribution in [2.75, 3.05) is 20.1 Å². The zero-order chi connectivity index (χ0) is 8.39. The Hall–Kier alpha value is -0.0800. The van der Waals surface area contributed by atoms with Crippen LogP contribution in [0.4, 0.5) is 0 Å². The summed E-state index contributed by atoms with van der Waals surface area (Å²) in [7, 11) is 2.08. The van der Waals surface area contributed by atoms with Gasteiger partial charge in [0, 0.05) is 12.1 Å². The number of hydrogen-bond donors (Lipinski definition) is 1. The minimum Gasteiger partial charge on any atom is -0.317 e. The van der Waals surface area contributed by atoms with E-state index in [1.807, 2.05) is 0 Å². The van der Waals surface area contributed by atoms with Crippen LogP contribution in [0.3, 0.4) is 0 Å². The maximum atomic E-state index is 3.34. The first-order chi connectivity index (χ1) is 5.90. The van der Waals surface area contributed by atoms with Gasteiger partial charge in [-0.3, -0.25) is 0 Å². The van der Waals surface area contributed by atoms with Crippen molar-refractivity contribution in [3.63, 3.8) is 0 Å². The molecule has 2 rings (SSSR count). The molecule has 2 heteroatoms. The van der Waals surface area contributed by atoms with E-state index in [1.54, 1.807) is 0 Å². The fourth-order valence-electron chi connectivity index (χ4n) is 2.41. The number of likely N-dealkylation sites (tertiary alicyclic amines) is 1. The van der Waals surface area contributed by atoms with Crippen LogP contribution in [-0.4, -0.2) is 37.1 Å². The lowest BCUT2D eigenvalue weighted by Gasteiger charge is -2.44. The Labute approximate surface area is 75.3 Å². The molecule has 0 unspecified atom stereocenters. The molecule has 2 aliphatic rings. The number of rotatable bonds is 2. The van der Waals surface area contributed by atoms with Gasteiger partial charge in [-0.25, -0.2) is 0 Å². The first kappa shape index (κ1) is 8.52. The Bertz CT molecular complexity index is 135.